The number of hydrogen-bond donors (Lipinski definition) is 1. The summed E-state index contributed by atoms with van der Waals surface area (Å²) in [5, 5.41) is 15.3. The summed E-state index contributed by atoms with van der Waals surface area (Å²) in [6.45, 7) is 2.62. The molecular formula is C24H26N7O2+. The second-order valence-corrected chi connectivity index (χ2v) is 8.74. The number of carbonyl (C=O) groups excluding carboxylic acids is 1. The van der Waals surface area contributed by atoms with Crippen LogP contribution in [0.1, 0.15) is 16.1 Å². The number of aryl methyl sites for hydroxylation is 1. The number of fused-ring (bicyclic) bond motifs is 1. The van der Waals surface area contributed by atoms with Crippen LogP contribution >= 0.6 is 0 Å². The number of nitrogens with zero attached hydrogens (tertiary/aromatic N) is 7. The van der Waals surface area contributed by atoms with Crippen molar-refractivity contribution in [2.24, 2.45) is 7.05 Å². The molecule has 9 heteroatoms. The number of anilines is 1. The van der Waals surface area contributed by atoms with Gasteiger partial charge in [0.1, 0.15) is 18.9 Å². The number of hydrogen-bond acceptors (Lipinski definition) is 7. The lowest BCUT2D eigenvalue weighted by Gasteiger charge is -2.36. The molecule has 0 radical (unpaired) electrons. The van der Waals surface area contributed by atoms with Crippen molar-refractivity contribution in [1.82, 2.24) is 24.7 Å². The van der Waals surface area contributed by atoms with Crippen LogP contribution in [0.15, 0.2) is 55.1 Å². The van der Waals surface area contributed by atoms with E-state index in [9.17, 15) is 10.0 Å². The maximum absolute atomic E-state index is 13.0. The van der Waals surface area contributed by atoms with Crippen molar-refractivity contribution in [3.63, 3.8) is 0 Å². The number of likely N-dealkylation sites (N-methyl/N-ethyl adjacent to an activating group) is 1. The molecule has 0 unspecified atom stereocenters. The first kappa shape index (κ1) is 21.2. The van der Waals surface area contributed by atoms with Crippen molar-refractivity contribution in [2.75, 3.05) is 38.1 Å². The maximum atomic E-state index is 13.0. The molecule has 0 bridgehead atoms. The van der Waals surface area contributed by atoms with E-state index in [1.807, 2.05) is 37.5 Å². The molecule has 0 aliphatic carbocycles. The van der Waals surface area contributed by atoms with E-state index in [2.05, 4.69) is 20.0 Å². The van der Waals surface area contributed by atoms with E-state index >= 15 is 0 Å². The lowest BCUT2D eigenvalue weighted by Crippen LogP contribution is -2.55. The number of hydroxylamine groups is 3. The molecular weight excluding hydrogens is 418 g/mol. The van der Waals surface area contributed by atoms with E-state index in [-0.39, 0.29) is 16.9 Å². The van der Waals surface area contributed by atoms with Gasteiger partial charge in [0.2, 0.25) is 0 Å². The molecule has 1 aliphatic heterocycles. The van der Waals surface area contributed by atoms with Crippen molar-refractivity contribution in [3.05, 3.63) is 66.4 Å². The zero-order valence-electron chi connectivity index (χ0n) is 18.7. The Morgan fingerprint density at radius 1 is 1.12 bits per heavy atom. The minimum absolute atomic E-state index is 0.0132. The van der Waals surface area contributed by atoms with E-state index in [4.69, 9.17) is 4.98 Å². The quantitative estimate of drug-likeness (QED) is 0.373. The molecule has 33 heavy (non-hydrogen) atoms. The third-order valence-corrected chi connectivity index (χ3v) is 6.07. The molecule has 0 aromatic carbocycles. The molecule has 5 rings (SSSR count). The standard InChI is InChI=1S/C24H26N7O2/c1-29-16-19(15-27-29)21-4-3-18-14-26-20(12-22(18)28-21)13-23(32)17-5-6-25-24(11-17)30-7-9-31(2,33)10-8-30/h3-6,11-12,14-16,33H,7-10,13H2,1-2H3/q+1. The predicted octanol–water partition coefficient (Wildman–Crippen LogP) is 2.51. The number of quaternary nitrogens is 1. The van der Waals surface area contributed by atoms with Crippen LogP contribution in [-0.4, -0.2) is 73.6 Å². The number of rotatable bonds is 5. The fourth-order valence-corrected chi connectivity index (χ4v) is 4.03. The Hall–Kier alpha value is -3.69. The summed E-state index contributed by atoms with van der Waals surface area (Å²) >= 11 is 0. The summed E-state index contributed by atoms with van der Waals surface area (Å²) in [5.41, 5.74) is 3.84. The molecule has 4 aromatic rings. The largest absolute Gasteiger partial charge is 0.345 e. The Kier molecular flexibility index (Phi) is 5.35. The van der Waals surface area contributed by atoms with Gasteiger partial charge in [-0.1, -0.05) is 0 Å². The highest BCUT2D eigenvalue weighted by Gasteiger charge is 2.28. The van der Waals surface area contributed by atoms with Gasteiger partial charge in [-0.05, 0) is 30.3 Å². The van der Waals surface area contributed by atoms with Crippen LogP contribution < -0.4 is 4.90 Å². The molecule has 168 valence electrons. The molecule has 0 spiro atoms. The van der Waals surface area contributed by atoms with Gasteiger partial charge in [0.15, 0.2) is 5.78 Å². The van der Waals surface area contributed by atoms with Crippen molar-refractivity contribution in [3.8, 4) is 11.3 Å². The van der Waals surface area contributed by atoms with Gasteiger partial charge in [-0.3, -0.25) is 14.5 Å². The Morgan fingerprint density at radius 2 is 1.94 bits per heavy atom. The van der Waals surface area contributed by atoms with Crippen molar-refractivity contribution >= 4 is 22.5 Å². The van der Waals surface area contributed by atoms with Crippen molar-refractivity contribution < 1.29 is 14.6 Å². The van der Waals surface area contributed by atoms with Gasteiger partial charge in [-0.2, -0.15) is 9.75 Å². The van der Waals surface area contributed by atoms with Crippen LogP contribution in [0.2, 0.25) is 0 Å². The van der Waals surface area contributed by atoms with Crippen LogP contribution in [-0.2, 0) is 13.5 Å². The van der Waals surface area contributed by atoms with E-state index in [0.29, 0.717) is 37.4 Å². The van der Waals surface area contributed by atoms with Gasteiger partial charge < -0.3 is 4.90 Å². The fraction of sp³-hybridized carbons (Fsp3) is 0.292. The summed E-state index contributed by atoms with van der Waals surface area (Å²) < 4.78 is 1.76. The van der Waals surface area contributed by atoms with Crippen LogP contribution in [0.5, 0.6) is 0 Å². The summed E-state index contributed by atoms with van der Waals surface area (Å²) in [6, 6.07) is 9.37. The molecule has 4 aromatic heterocycles. The number of ketones is 1. The normalized spacial score (nSPS) is 15.7. The summed E-state index contributed by atoms with van der Waals surface area (Å²) in [4.78, 5) is 28.8. The number of Topliss-reactive ketones (excluding diaryl/α,β-unsaturated/α-hetero) is 1. The first-order chi connectivity index (χ1) is 15.9. The van der Waals surface area contributed by atoms with Crippen molar-refractivity contribution in [2.45, 2.75) is 6.42 Å². The first-order valence-electron chi connectivity index (χ1n) is 10.9. The topological polar surface area (TPSA) is 97.0 Å². The lowest BCUT2D eigenvalue weighted by molar-refractivity contribution is -1.09. The average Bonchev–Trinajstić information content (AvgIpc) is 3.25. The van der Waals surface area contributed by atoms with Crippen LogP contribution in [0.4, 0.5) is 5.82 Å². The predicted molar refractivity (Wildman–Crippen MR) is 124 cm³/mol. The summed E-state index contributed by atoms with van der Waals surface area (Å²) in [5.74, 6) is 0.739. The fourth-order valence-electron chi connectivity index (χ4n) is 4.03. The Morgan fingerprint density at radius 3 is 2.70 bits per heavy atom. The summed E-state index contributed by atoms with van der Waals surface area (Å²) in [6.07, 6.45) is 7.31. The second-order valence-electron chi connectivity index (χ2n) is 8.74. The van der Waals surface area contributed by atoms with Gasteiger partial charge >= 0.3 is 0 Å². The number of carbonyl (C=O) groups is 1. The Bertz CT molecular complexity index is 1320. The van der Waals surface area contributed by atoms with Gasteiger partial charge in [0.25, 0.3) is 0 Å². The van der Waals surface area contributed by atoms with Gasteiger partial charge in [0.05, 0.1) is 49.7 Å². The van der Waals surface area contributed by atoms with Gasteiger partial charge in [-0.25, -0.2) is 15.2 Å². The highest BCUT2D eigenvalue weighted by atomic mass is 16.5. The number of aromatic nitrogens is 5. The third kappa shape index (κ3) is 4.59. The number of pyridine rings is 3. The summed E-state index contributed by atoms with van der Waals surface area (Å²) in [7, 11) is 3.67. The number of piperazine rings is 1. The molecule has 1 fully saturated rings. The van der Waals surface area contributed by atoms with E-state index in [1.54, 1.807) is 36.4 Å². The molecule has 5 heterocycles. The van der Waals surface area contributed by atoms with E-state index in [1.165, 1.54) is 0 Å². The molecule has 1 saturated heterocycles. The minimum Gasteiger partial charge on any atom is -0.345 e. The minimum atomic E-state index is -0.0197. The van der Waals surface area contributed by atoms with E-state index in [0.717, 1.165) is 28.0 Å². The van der Waals surface area contributed by atoms with Crippen molar-refractivity contribution in [1.29, 1.82) is 0 Å². The van der Waals surface area contributed by atoms with Crippen LogP contribution in [0.3, 0.4) is 0 Å². The highest BCUT2D eigenvalue weighted by Crippen LogP contribution is 2.22. The zero-order chi connectivity index (χ0) is 23.0. The van der Waals surface area contributed by atoms with Gasteiger partial charge in [-0.15, -0.1) is 0 Å². The highest BCUT2D eigenvalue weighted by molar-refractivity contribution is 5.98. The van der Waals surface area contributed by atoms with Crippen LogP contribution in [0.25, 0.3) is 22.2 Å². The molecule has 0 saturated carbocycles. The van der Waals surface area contributed by atoms with Gasteiger partial charge in [0, 0.05) is 42.2 Å². The zero-order valence-corrected chi connectivity index (χ0v) is 18.7. The third-order valence-electron chi connectivity index (χ3n) is 6.07. The monoisotopic (exact) mass is 444 g/mol. The SMILES string of the molecule is Cn1cc(-c2ccc3cnc(CC(=O)c4ccnc(N5CC[N+](C)(O)CC5)c4)cc3n2)cn1. The molecule has 0 amide bonds. The Balaban J connectivity index is 1.34. The lowest BCUT2D eigenvalue weighted by atomic mass is 10.1. The molecule has 0 atom stereocenters. The second kappa shape index (κ2) is 8.34. The maximum Gasteiger partial charge on any atom is 0.169 e. The molecule has 1 aliphatic rings. The average molecular weight is 445 g/mol. The van der Waals surface area contributed by atoms with Crippen LogP contribution in [0, 0.1) is 0 Å². The first-order valence-corrected chi connectivity index (χ1v) is 10.9. The smallest absolute Gasteiger partial charge is 0.169 e. The Labute approximate surface area is 191 Å². The molecule has 9 nitrogen and oxygen atoms in total. The van der Waals surface area contributed by atoms with E-state index < -0.39 is 0 Å². The molecule has 1 N–H and O–H groups in total.